The van der Waals surface area contributed by atoms with Crippen LogP contribution < -0.4 is 14.8 Å². The van der Waals surface area contributed by atoms with Crippen LogP contribution in [0.2, 0.25) is 10.0 Å². The molecule has 1 fully saturated rings. The number of pyridine rings is 1. The van der Waals surface area contributed by atoms with Gasteiger partial charge >= 0.3 is 5.97 Å². The van der Waals surface area contributed by atoms with E-state index in [2.05, 4.69) is 10.3 Å². The number of rotatable bonds is 9. The smallest absolute Gasteiger partial charge is 0.339 e. The number of amides is 2. The van der Waals surface area contributed by atoms with Crippen molar-refractivity contribution >= 4 is 46.8 Å². The zero-order chi connectivity index (χ0) is 25.4. The van der Waals surface area contributed by atoms with Gasteiger partial charge in [-0.2, -0.15) is 0 Å². The van der Waals surface area contributed by atoms with Gasteiger partial charge in [0.2, 0.25) is 0 Å². The molecule has 2 heterocycles. The standard InChI is InChI=1S/C23H25Cl2N3O7/c1-3-33-19-10-15(4-5-18(19)34-13-20(29)28-6-8-32-9-7-28)23(31)35-14(2)22(30)27-21-17(25)11-16(24)12-26-21/h4-5,10-12,14H,3,6-9,13H2,1-2H3,(H,26,27,30)/t14-/m0/s1. The van der Waals surface area contributed by atoms with E-state index in [1.165, 1.54) is 37.4 Å². The molecule has 1 aromatic carbocycles. The fraction of sp³-hybridized carbons (Fsp3) is 0.391. The molecular formula is C23H25Cl2N3O7. The lowest BCUT2D eigenvalue weighted by atomic mass is 10.2. The zero-order valence-corrected chi connectivity index (χ0v) is 20.7. The van der Waals surface area contributed by atoms with E-state index in [1.54, 1.807) is 11.8 Å². The molecule has 10 nitrogen and oxygen atoms in total. The van der Waals surface area contributed by atoms with Gasteiger partial charge in [-0.05, 0) is 38.1 Å². The second-order valence-electron chi connectivity index (χ2n) is 7.40. The summed E-state index contributed by atoms with van der Waals surface area (Å²) >= 11 is 11.8. The largest absolute Gasteiger partial charge is 0.490 e. The zero-order valence-electron chi connectivity index (χ0n) is 19.2. The normalized spacial score (nSPS) is 14.1. The van der Waals surface area contributed by atoms with Crippen LogP contribution in [0, 0.1) is 0 Å². The first-order valence-electron chi connectivity index (χ1n) is 10.9. The van der Waals surface area contributed by atoms with Crippen molar-refractivity contribution in [2.45, 2.75) is 20.0 Å². The van der Waals surface area contributed by atoms with Crippen LogP contribution in [0.1, 0.15) is 24.2 Å². The van der Waals surface area contributed by atoms with Crippen molar-refractivity contribution in [3.05, 3.63) is 46.1 Å². The Bertz CT molecular complexity index is 1080. The summed E-state index contributed by atoms with van der Waals surface area (Å²) in [6.45, 7) is 5.32. The summed E-state index contributed by atoms with van der Waals surface area (Å²) in [5.41, 5.74) is 0.141. The van der Waals surface area contributed by atoms with E-state index in [0.717, 1.165) is 0 Å². The SMILES string of the molecule is CCOc1cc(C(=O)O[C@@H](C)C(=O)Nc2ncc(Cl)cc2Cl)ccc1OCC(=O)N1CCOCC1. The van der Waals surface area contributed by atoms with E-state index in [0.29, 0.717) is 43.7 Å². The van der Waals surface area contributed by atoms with Crippen molar-refractivity contribution < 1.29 is 33.3 Å². The molecule has 1 aliphatic rings. The van der Waals surface area contributed by atoms with E-state index in [1.807, 2.05) is 0 Å². The summed E-state index contributed by atoms with van der Waals surface area (Å²) in [5.74, 6) is -0.878. The van der Waals surface area contributed by atoms with E-state index >= 15 is 0 Å². The van der Waals surface area contributed by atoms with E-state index in [9.17, 15) is 14.4 Å². The highest BCUT2D eigenvalue weighted by Gasteiger charge is 2.22. The molecule has 2 aromatic rings. The molecule has 0 unspecified atom stereocenters. The van der Waals surface area contributed by atoms with Crippen LogP contribution in [0.5, 0.6) is 11.5 Å². The minimum atomic E-state index is -1.14. The van der Waals surface area contributed by atoms with Crippen LogP contribution in [0.3, 0.4) is 0 Å². The lowest BCUT2D eigenvalue weighted by Gasteiger charge is -2.26. The van der Waals surface area contributed by atoms with Gasteiger partial charge in [-0.1, -0.05) is 23.2 Å². The lowest BCUT2D eigenvalue weighted by molar-refractivity contribution is -0.137. The van der Waals surface area contributed by atoms with Crippen molar-refractivity contribution in [3.8, 4) is 11.5 Å². The fourth-order valence-electron chi connectivity index (χ4n) is 3.07. The molecule has 1 aromatic heterocycles. The number of carbonyl (C=O) groups excluding carboxylic acids is 3. The average Bonchev–Trinajstić information content (AvgIpc) is 2.85. The number of hydrogen-bond acceptors (Lipinski definition) is 8. The predicted molar refractivity (Wildman–Crippen MR) is 128 cm³/mol. The Balaban J connectivity index is 1.61. The molecule has 35 heavy (non-hydrogen) atoms. The molecule has 12 heteroatoms. The fourth-order valence-corrected chi connectivity index (χ4v) is 3.50. The Morgan fingerprint density at radius 3 is 2.57 bits per heavy atom. The van der Waals surface area contributed by atoms with Crippen LogP contribution in [-0.4, -0.2) is 73.3 Å². The van der Waals surface area contributed by atoms with Gasteiger partial charge < -0.3 is 29.2 Å². The van der Waals surface area contributed by atoms with Gasteiger partial charge in [-0.15, -0.1) is 0 Å². The van der Waals surface area contributed by atoms with Crippen molar-refractivity contribution in [2.75, 3.05) is 44.8 Å². The third-order valence-electron chi connectivity index (χ3n) is 4.90. The Labute approximate surface area is 212 Å². The number of anilines is 1. The topological polar surface area (TPSA) is 116 Å². The molecule has 0 bridgehead atoms. The summed E-state index contributed by atoms with van der Waals surface area (Å²) in [6.07, 6.45) is 0.182. The van der Waals surface area contributed by atoms with Crippen LogP contribution in [-0.2, 0) is 19.1 Å². The predicted octanol–water partition coefficient (Wildman–Crippen LogP) is 3.21. The van der Waals surface area contributed by atoms with Gasteiger partial charge in [0, 0.05) is 19.3 Å². The van der Waals surface area contributed by atoms with E-state index in [-0.39, 0.29) is 34.7 Å². The summed E-state index contributed by atoms with van der Waals surface area (Å²) in [7, 11) is 0. The number of ether oxygens (including phenoxy) is 4. The number of nitrogens with zero attached hydrogens (tertiary/aromatic N) is 2. The first kappa shape index (κ1) is 26.5. The molecular weight excluding hydrogens is 501 g/mol. The molecule has 3 rings (SSSR count). The number of benzene rings is 1. The number of carbonyl (C=O) groups is 3. The second kappa shape index (κ2) is 12.6. The minimum Gasteiger partial charge on any atom is -0.490 e. The average molecular weight is 526 g/mol. The molecule has 0 spiro atoms. The van der Waals surface area contributed by atoms with Crippen LogP contribution in [0.15, 0.2) is 30.5 Å². The second-order valence-corrected chi connectivity index (χ2v) is 8.24. The molecule has 1 N–H and O–H groups in total. The van der Waals surface area contributed by atoms with Crippen molar-refractivity contribution in [1.29, 1.82) is 0 Å². The summed E-state index contributed by atoms with van der Waals surface area (Å²) < 4.78 is 21.7. The molecule has 0 radical (unpaired) electrons. The summed E-state index contributed by atoms with van der Waals surface area (Å²) in [5, 5.41) is 2.94. The van der Waals surface area contributed by atoms with Crippen LogP contribution in [0.4, 0.5) is 5.82 Å². The van der Waals surface area contributed by atoms with Crippen molar-refractivity contribution in [2.24, 2.45) is 0 Å². The number of nitrogens with one attached hydrogen (secondary N) is 1. The quantitative estimate of drug-likeness (QED) is 0.496. The Hall–Kier alpha value is -3.08. The maximum Gasteiger partial charge on any atom is 0.339 e. The Morgan fingerprint density at radius 2 is 1.89 bits per heavy atom. The number of morpholine rings is 1. The number of halogens is 2. The van der Waals surface area contributed by atoms with Gasteiger partial charge in [-0.25, -0.2) is 9.78 Å². The maximum atomic E-state index is 12.6. The van der Waals surface area contributed by atoms with Gasteiger partial charge in [0.25, 0.3) is 11.8 Å². The maximum absolute atomic E-state index is 12.6. The van der Waals surface area contributed by atoms with Gasteiger partial charge in [-0.3, -0.25) is 9.59 Å². The molecule has 1 saturated heterocycles. The minimum absolute atomic E-state index is 0.0933. The van der Waals surface area contributed by atoms with Gasteiger partial charge in [0.1, 0.15) is 0 Å². The highest BCUT2D eigenvalue weighted by molar-refractivity contribution is 6.36. The highest BCUT2D eigenvalue weighted by atomic mass is 35.5. The molecule has 188 valence electrons. The van der Waals surface area contributed by atoms with E-state index in [4.69, 9.17) is 42.1 Å². The van der Waals surface area contributed by atoms with Crippen LogP contribution >= 0.6 is 23.2 Å². The lowest BCUT2D eigenvalue weighted by Crippen LogP contribution is -2.43. The van der Waals surface area contributed by atoms with Crippen molar-refractivity contribution in [3.63, 3.8) is 0 Å². The number of aromatic nitrogens is 1. The molecule has 1 aliphatic heterocycles. The summed E-state index contributed by atoms with van der Waals surface area (Å²) in [4.78, 5) is 43.0. The highest BCUT2D eigenvalue weighted by Crippen LogP contribution is 2.29. The molecule has 0 aliphatic carbocycles. The van der Waals surface area contributed by atoms with Gasteiger partial charge in [0.15, 0.2) is 30.0 Å². The van der Waals surface area contributed by atoms with Gasteiger partial charge in [0.05, 0.1) is 35.4 Å². The molecule has 2 amide bonds. The first-order chi connectivity index (χ1) is 16.8. The Morgan fingerprint density at radius 1 is 1.14 bits per heavy atom. The third kappa shape index (κ3) is 7.45. The number of esters is 1. The molecule has 0 saturated carbocycles. The molecule has 1 atom stereocenters. The van der Waals surface area contributed by atoms with E-state index < -0.39 is 18.0 Å². The summed E-state index contributed by atoms with van der Waals surface area (Å²) in [6, 6.07) is 5.83. The third-order valence-corrected chi connectivity index (χ3v) is 5.39. The monoisotopic (exact) mass is 525 g/mol. The number of hydrogen-bond donors (Lipinski definition) is 1. The van der Waals surface area contributed by atoms with Crippen molar-refractivity contribution in [1.82, 2.24) is 9.88 Å². The Kier molecular flexibility index (Phi) is 9.53. The first-order valence-corrected chi connectivity index (χ1v) is 11.6. The van der Waals surface area contributed by atoms with Crippen LogP contribution in [0.25, 0.3) is 0 Å².